The lowest BCUT2D eigenvalue weighted by Gasteiger charge is -2.04. The molecule has 2 aromatic rings. The number of benzene rings is 2. The normalized spacial score (nSPS) is 16.8. The molecular formula is C21H20N2O2S. The van der Waals surface area contributed by atoms with Gasteiger partial charge in [0.15, 0.2) is 5.17 Å². The second-order valence-corrected chi connectivity index (χ2v) is 6.90. The number of hydrogen-bond acceptors (Lipinski definition) is 4. The smallest absolute Gasteiger partial charge is 0.264 e. The van der Waals surface area contributed by atoms with Crippen LogP contribution in [0.2, 0.25) is 0 Å². The molecule has 1 saturated heterocycles. The number of aliphatic imine (C=N–C) groups is 1. The standard InChI is InChI=1S/C21H20N2O2S/c1-4-12-25-17-10-8-16(9-11-17)13-19-20(24)23-21(26-19)22-18-7-5-6-14(2)15(18)3/h4-11,13H,1,12H2,2-3H3,(H,22,23,24). The lowest BCUT2D eigenvalue weighted by atomic mass is 10.1. The Hall–Kier alpha value is -2.79. The molecule has 4 nitrogen and oxygen atoms in total. The van der Waals surface area contributed by atoms with Gasteiger partial charge < -0.3 is 10.1 Å². The molecule has 1 N–H and O–H groups in total. The summed E-state index contributed by atoms with van der Waals surface area (Å²) in [6, 6.07) is 13.5. The highest BCUT2D eigenvalue weighted by molar-refractivity contribution is 8.18. The summed E-state index contributed by atoms with van der Waals surface area (Å²) in [6.07, 6.45) is 3.55. The summed E-state index contributed by atoms with van der Waals surface area (Å²) in [6.45, 7) is 8.17. The lowest BCUT2D eigenvalue weighted by molar-refractivity contribution is -0.115. The molecular weight excluding hydrogens is 344 g/mol. The minimum absolute atomic E-state index is 0.133. The monoisotopic (exact) mass is 364 g/mol. The van der Waals surface area contributed by atoms with Crippen LogP contribution in [0.25, 0.3) is 6.08 Å². The third-order valence-electron chi connectivity index (χ3n) is 3.99. The van der Waals surface area contributed by atoms with Crippen LogP contribution in [-0.2, 0) is 4.79 Å². The molecule has 2 aromatic carbocycles. The predicted octanol–water partition coefficient (Wildman–Crippen LogP) is 4.76. The third-order valence-corrected chi connectivity index (χ3v) is 4.90. The van der Waals surface area contributed by atoms with Crippen LogP contribution in [0.5, 0.6) is 5.75 Å². The summed E-state index contributed by atoms with van der Waals surface area (Å²) in [5.41, 5.74) is 4.09. The Kier molecular flexibility index (Phi) is 5.58. The average molecular weight is 364 g/mol. The second kappa shape index (κ2) is 8.06. The number of nitrogens with zero attached hydrogens (tertiary/aromatic N) is 1. The Morgan fingerprint density at radius 2 is 1.96 bits per heavy atom. The minimum Gasteiger partial charge on any atom is -0.490 e. The molecule has 0 atom stereocenters. The molecule has 0 saturated carbocycles. The highest BCUT2D eigenvalue weighted by Crippen LogP contribution is 2.30. The number of hydrogen-bond donors (Lipinski definition) is 1. The first kappa shape index (κ1) is 18.0. The van der Waals surface area contributed by atoms with Crippen molar-refractivity contribution in [2.45, 2.75) is 13.8 Å². The van der Waals surface area contributed by atoms with Crippen LogP contribution in [0.1, 0.15) is 16.7 Å². The predicted molar refractivity (Wildman–Crippen MR) is 109 cm³/mol. The molecule has 132 valence electrons. The van der Waals surface area contributed by atoms with Crippen LogP contribution in [0, 0.1) is 13.8 Å². The topological polar surface area (TPSA) is 50.7 Å². The van der Waals surface area contributed by atoms with Gasteiger partial charge in [-0.3, -0.25) is 4.79 Å². The van der Waals surface area contributed by atoms with Crippen LogP contribution < -0.4 is 10.1 Å². The highest BCUT2D eigenvalue weighted by Gasteiger charge is 2.24. The van der Waals surface area contributed by atoms with Gasteiger partial charge in [0.1, 0.15) is 12.4 Å². The van der Waals surface area contributed by atoms with E-state index in [9.17, 15) is 4.79 Å². The summed E-state index contributed by atoms with van der Waals surface area (Å²) < 4.78 is 5.46. The lowest BCUT2D eigenvalue weighted by Crippen LogP contribution is -2.19. The van der Waals surface area contributed by atoms with Crippen LogP contribution in [-0.4, -0.2) is 17.7 Å². The Morgan fingerprint density at radius 1 is 1.19 bits per heavy atom. The van der Waals surface area contributed by atoms with Crippen molar-refractivity contribution in [3.05, 3.63) is 76.7 Å². The maximum absolute atomic E-state index is 12.2. The molecule has 3 rings (SSSR count). The maximum atomic E-state index is 12.2. The fourth-order valence-electron chi connectivity index (χ4n) is 2.41. The quantitative estimate of drug-likeness (QED) is 0.615. The van der Waals surface area contributed by atoms with Gasteiger partial charge >= 0.3 is 0 Å². The van der Waals surface area contributed by atoms with Gasteiger partial charge in [-0.25, -0.2) is 4.99 Å². The van der Waals surface area contributed by atoms with Gasteiger partial charge in [0.2, 0.25) is 0 Å². The van der Waals surface area contributed by atoms with Crippen LogP contribution >= 0.6 is 11.8 Å². The van der Waals surface area contributed by atoms with E-state index in [2.05, 4.69) is 16.9 Å². The van der Waals surface area contributed by atoms with Crippen molar-refractivity contribution in [1.29, 1.82) is 0 Å². The molecule has 0 radical (unpaired) electrons. The fraction of sp³-hybridized carbons (Fsp3) is 0.143. The molecule has 26 heavy (non-hydrogen) atoms. The van der Waals surface area contributed by atoms with E-state index < -0.39 is 0 Å². The number of amidine groups is 1. The van der Waals surface area contributed by atoms with Crippen molar-refractivity contribution in [3.8, 4) is 5.75 Å². The summed E-state index contributed by atoms with van der Waals surface area (Å²) in [7, 11) is 0. The van der Waals surface area contributed by atoms with Gasteiger partial charge in [0, 0.05) is 0 Å². The Bertz CT molecular complexity index is 899. The average Bonchev–Trinajstić information content (AvgIpc) is 2.97. The van der Waals surface area contributed by atoms with E-state index >= 15 is 0 Å². The van der Waals surface area contributed by atoms with E-state index in [0.717, 1.165) is 22.6 Å². The van der Waals surface area contributed by atoms with Crippen molar-refractivity contribution in [1.82, 2.24) is 5.32 Å². The first-order valence-electron chi connectivity index (χ1n) is 8.26. The van der Waals surface area contributed by atoms with Crippen molar-refractivity contribution in [2.24, 2.45) is 4.99 Å². The zero-order valence-electron chi connectivity index (χ0n) is 14.8. The summed E-state index contributed by atoms with van der Waals surface area (Å²) in [5, 5.41) is 3.43. The molecule has 0 aromatic heterocycles. The molecule has 5 heteroatoms. The van der Waals surface area contributed by atoms with Gasteiger partial charge in [-0.1, -0.05) is 36.9 Å². The van der Waals surface area contributed by atoms with Crippen LogP contribution in [0.3, 0.4) is 0 Å². The van der Waals surface area contributed by atoms with Crippen molar-refractivity contribution < 1.29 is 9.53 Å². The Morgan fingerprint density at radius 3 is 2.69 bits per heavy atom. The van der Waals surface area contributed by atoms with Crippen molar-refractivity contribution in [3.63, 3.8) is 0 Å². The van der Waals surface area contributed by atoms with Gasteiger partial charge in [0.25, 0.3) is 5.91 Å². The summed E-state index contributed by atoms with van der Waals surface area (Å²) >= 11 is 1.35. The van der Waals surface area contributed by atoms with Gasteiger partial charge in [-0.15, -0.1) is 0 Å². The largest absolute Gasteiger partial charge is 0.490 e. The molecule has 0 aliphatic carbocycles. The van der Waals surface area contributed by atoms with Gasteiger partial charge in [-0.2, -0.15) is 0 Å². The number of nitrogens with one attached hydrogen (secondary N) is 1. The summed E-state index contributed by atoms with van der Waals surface area (Å²) in [4.78, 5) is 17.4. The van der Waals surface area contributed by atoms with E-state index in [0.29, 0.717) is 16.7 Å². The molecule has 0 unspecified atom stereocenters. The number of rotatable bonds is 5. The van der Waals surface area contributed by atoms with E-state index in [1.54, 1.807) is 6.08 Å². The number of aryl methyl sites for hydroxylation is 1. The number of thioether (sulfide) groups is 1. The Balaban J connectivity index is 1.77. The van der Waals surface area contributed by atoms with E-state index in [4.69, 9.17) is 4.74 Å². The van der Waals surface area contributed by atoms with Crippen LogP contribution in [0.15, 0.2) is 65.0 Å². The molecule has 1 heterocycles. The molecule has 1 fully saturated rings. The zero-order valence-corrected chi connectivity index (χ0v) is 15.6. The molecule has 1 amide bonds. The maximum Gasteiger partial charge on any atom is 0.264 e. The third kappa shape index (κ3) is 4.24. The van der Waals surface area contributed by atoms with E-state index in [-0.39, 0.29) is 5.91 Å². The molecule has 1 aliphatic rings. The first-order chi connectivity index (χ1) is 12.6. The second-order valence-electron chi connectivity index (χ2n) is 5.87. The van der Waals surface area contributed by atoms with Crippen molar-refractivity contribution >= 4 is 34.6 Å². The van der Waals surface area contributed by atoms with Gasteiger partial charge in [-0.05, 0) is 66.6 Å². The Labute approximate surface area is 157 Å². The minimum atomic E-state index is -0.133. The fourth-order valence-corrected chi connectivity index (χ4v) is 3.25. The van der Waals surface area contributed by atoms with Crippen molar-refractivity contribution in [2.75, 3.05) is 6.61 Å². The SMILES string of the molecule is C=CCOc1ccc(C=C2SC(=Nc3cccc(C)c3C)NC2=O)cc1. The first-order valence-corrected chi connectivity index (χ1v) is 9.08. The number of amides is 1. The highest BCUT2D eigenvalue weighted by atomic mass is 32.2. The summed E-state index contributed by atoms with van der Waals surface area (Å²) in [5.74, 6) is 0.638. The van der Waals surface area contributed by atoms with Crippen LogP contribution in [0.4, 0.5) is 5.69 Å². The number of carbonyl (C=O) groups excluding carboxylic acids is 1. The van der Waals surface area contributed by atoms with E-state index in [1.165, 1.54) is 17.3 Å². The molecule has 1 aliphatic heterocycles. The van der Waals surface area contributed by atoms with E-state index in [1.807, 2.05) is 62.4 Å². The molecule has 0 bridgehead atoms. The number of carbonyl (C=O) groups is 1. The van der Waals surface area contributed by atoms with Gasteiger partial charge in [0.05, 0.1) is 10.6 Å². The molecule has 0 spiro atoms. The zero-order chi connectivity index (χ0) is 18.5. The number of ether oxygens (including phenoxy) is 1.